The molecule has 0 bridgehead atoms. The van der Waals surface area contributed by atoms with Gasteiger partial charge in [-0.3, -0.25) is 4.99 Å². The smallest absolute Gasteiger partial charge is 0.171 e. The Morgan fingerprint density at radius 3 is 2.50 bits per heavy atom. The van der Waals surface area contributed by atoms with E-state index in [1.807, 2.05) is 70.1 Å². The number of unbranched alkanes of at least 4 members (excludes halogenated alkanes) is 1. The third kappa shape index (κ3) is 10.0. The lowest BCUT2D eigenvalue weighted by Gasteiger charge is -2.16. The Kier molecular flexibility index (Phi) is 14.6. The number of nitrogens with two attached hydrogens (primary N) is 1. The van der Waals surface area contributed by atoms with E-state index >= 15 is 0 Å². The minimum absolute atomic E-state index is 0.408. The van der Waals surface area contributed by atoms with E-state index in [2.05, 4.69) is 61.0 Å². The highest BCUT2D eigenvalue weighted by molar-refractivity contribution is 7.98. The van der Waals surface area contributed by atoms with Gasteiger partial charge in [0.15, 0.2) is 5.76 Å². The molecule has 1 saturated heterocycles. The number of thiazole rings is 1. The molecule has 4 rings (SSSR count). The minimum Gasteiger partial charge on any atom is -0.398 e. The Balaban J connectivity index is 0.000000241. The maximum absolute atomic E-state index is 6.51. The van der Waals surface area contributed by atoms with Gasteiger partial charge >= 0.3 is 0 Å². The number of thioether (sulfide) groups is 1. The SMILES string of the molecule is CC=N/C(C)=C(C(\N)=C(/C)CC)/C(=C\CCC)c1cnc(C)s1.Cc1noc(-c2ccccc2)c1CSCC1CCC(C)O1. The normalized spacial score (nSPS) is 18.2. The standard InChI is InChI=1S/C19H29N3S.C17H21NO2S/c1-7-10-11-16(17-12-22-15(6)23-17)18(14(5)21-9-3)19(20)13(4)8-2;1-12-8-9-15(19-12)10-21-11-16-13(2)18-20-17(16)14-6-4-3-5-7-14/h9,11-12H,7-8,10,20H2,1-6H3;3-7,12,15H,8-11H2,1-2H3/b16-11-,18-14-,19-13-,21-9?;. The molecule has 1 fully saturated rings. The van der Waals surface area contributed by atoms with Gasteiger partial charge in [0.1, 0.15) is 0 Å². The fraction of sp³-hybridized carbons (Fsp3) is 0.472. The van der Waals surface area contributed by atoms with Crippen LogP contribution in [0, 0.1) is 13.8 Å². The van der Waals surface area contributed by atoms with Crippen molar-refractivity contribution < 1.29 is 9.26 Å². The first-order valence-corrected chi connectivity index (χ1v) is 17.7. The van der Waals surface area contributed by atoms with Crippen LogP contribution in [0.15, 0.2) is 74.7 Å². The number of nitrogens with zero attached hydrogens (tertiary/aromatic N) is 3. The van der Waals surface area contributed by atoms with Gasteiger partial charge in [0.25, 0.3) is 0 Å². The highest BCUT2D eigenvalue weighted by Crippen LogP contribution is 2.35. The van der Waals surface area contributed by atoms with E-state index in [1.54, 1.807) is 11.3 Å². The molecule has 44 heavy (non-hydrogen) atoms. The van der Waals surface area contributed by atoms with Crippen LogP contribution in [-0.2, 0) is 10.5 Å². The summed E-state index contributed by atoms with van der Waals surface area (Å²) >= 11 is 3.61. The average molecular weight is 635 g/mol. The average Bonchev–Trinajstić information content (AvgIpc) is 3.75. The van der Waals surface area contributed by atoms with Crippen LogP contribution in [0.4, 0.5) is 0 Å². The van der Waals surface area contributed by atoms with Crippen molar-refractivity contribution in [2.24, 2.45) is 10.7 Å². The largest absolute Gasteiger partial charge is 0.398 e. The van der Waals surface area contributed by atoms with Crippen molar-refractivity contribution in [1.29, 1.82) is 0 Å². The number of rotatable bonds is 12. The van der Waals surface area contributed by atoms with E-state index in [9.17, 15) is 0 Å². The van der Waals surface area contributed by atoms with Crippen molar-refractivity contribution >= 4 is 34.9 Å². The molecule has 1 aliphatic rings. The maximum atomic E-state index is 6.51. The van der Waals surface area contributed by atoms with Crippen LogP contribution in [0.25, 0.3) is 16.9 Å². The molecule has 3 aromatic rings. The predicted molar refractivity (Wildman–Crippen MR) is 190 cm³/mol. The summed E-state index contributed by atoms with van der Waals surface area (Å²) in [6.07, 6.45) is 12.3. The first-order valence-electron chi connectivity index (χ1n) is 15.7. The van der Waals surface area contributed by atoms with Crippen LogP contribution in [0.2, 0.25) is 0 Å². The summed E-state index contributed by atoms with van der Waals surface area (Å²) in [5, 5.41) is 5.20. The number of aryl methyl sites for hydroxylation is 2. The molecule has 0 radical (unpaired) electrons. The highest BCUT2D eigenvalue weighted by Gasteiger charge is 2.22. The summed E-state index contributed by atoms with van der Waals surface area (Å²) in [6.45, 7) is 16.6. The number of benzene rings is 1. The van der Waals surface area contributed by atoms with E-state index in [-0.39, 0.29) is 0 Å². The van der Waals surface area contributed by atoms with E-state index < -0.39 is 0 Å². The van der Waals surface area contributed by atoms with E-state index in [4.69, 9.17) is 15.0 Å². The van der Waals surface area contributed by atoms with Gasteiger partial charge in [0.05, 0.1) is 27.8 Å². The molecular weight excluding hydrogens is 585 g/mol. The summed E-state index contributed by atoms with van der Waals surface area (Å²) in [5.41, 5.74) is 15.0. The van der Waals surface area contributed by atoms with Gasteiger partial charge < -0.3 is 15.0 Å². The monoisotopic (exact) mass is 634 g/mol. The molecule has 238 valence electrons. The van der Waals surface area contributed by atoms with Gasteiger partial charge in [0.2, 0.25) is 0 Å². The van der Waals surface area contributed by atoms with Crippen LogP contribution in [0.3, 0.4) is 0 Å². The predicted octanol–water partition coefficient (Wildman–Crippen LogP) is 10.1. The van der Waals surface area contributed by atoms with Gasteiger partial charge in [-0.25, -0.2) is 4.98 Å². The lowest BCUT2D eigenvalue weighted by Crippen LogP contribution is -2.11. The lowest BCUT2D eigenvalue weighted by molar-refractivity contribution is 0.0700. The molecule has 1 aliphatic heterocycles. The number of ether oxygens (including phenoxy) is 1. The van der Waals surface area contributed by atoms with Crippen molar-refractivity contribution in [2.45, 2.75) is 105 Å². The van der Waals surface area contributed by atoms with E-state index in [1.165, 1.54) is 24.0 Å². The van der Waals surface area contributed by atoms with Crippen molar-refractivity contribution in [3.8, 4) is 11.3 Å². The zero-order valence-corrected chi connectivity index (χ0v) is 29.4. The fourth-order valence-corrected chi connectivity index (χ4v) is 6.97. The number of aliphatic imine (C=N–C) groups is 1. The Morgan fingerprint density at radius 1 is 1.16 bits per heavy atom. The number of hydrogen-bond acceptors (Lipinski definition) is 8. The number of allylic oxidation sites excluding steroid dienone is 4. The first kappa shape index (κ1) is 35.5. The van der Waals surface area contributed by atoms with Crippen molar-refractivity contribution in [3.05, 3.63) is 86.3 Å². The zero-order valence-electron chi connectivity index (χ0n) is 27.8. The number of hydrogen-bond donors (Lipinski definition) is 1. The Morgan fingerprint density at radius 2 is 1.91 bits per heavy atom. The summed E-state index contributed by atoms with van der Waals surface area (Å²) in [4.78, 5) is 10.1. The zero-order chi connectivity index (χ0) is 32.1. The second-order valence-electron chi connectivity index (χ2n) is 11.1. The molecule has 2 atom stereocenters. The van der Waals surface area contributed by atoms with Crippen LogP contribution in [0.5, 0.6) is 0 Å². The maximum Gasteiger partial charge on any atom is 0.171 e. The first-order chi connectivity index (χ1) is 21.2. The summed E-state index contributed by atoms with van der Waals surface area (Å²) in [5.74, 6) is 2.87. The van der Waals surface area contributed by atoms with Gasteiger partial charge in [0, 0.05) is 57.6 Å². The molecule has 3 heterocycles. The van der Waals surface area contributed by atoms with Crippen molar-refractivity contribution in [1.82, 2.24) is 10.1 Å². The van der Waals surface area contributed by atoms with Crippen molar-refractivity contribution in [3.63, 3.8) is 0 Å². The summed E-state index contributed by atoms with van der Waals surface area (Å²) in [6, 6.07) is 10.2. The quantitative estimate of drug-likeness (QED) is 0.158. The van der Waals surface area contributed by atoms with Gasteiger partial charge in [-0.15, -0.1) is 11.3 Å². The van der Waals surface area contributed by atoms with Crippen LogP contribution in [0.1, 0.15) is 94.8 Å². The fourth-order valence-electron chi connectivity index (χ4n) is 4.97. The van der Waals surface area contributed by atoms with Crippen LogP contribution >= 0.6 is 23.1 Å². The lowest BCUT2D eigenvalue weighted by atomic mass is 9.95. The van der Waals surface area contributed by atoms with Crippen LogP contribution in [-0.4, -0.2) is 34.3 Å². The second kappa shape index (κ2) is 18.1. The minimum atomic E-state index is 0.408. The van der Waals surface area contributed by atoms with Crippen molar-refractivity contribution in [2.75, 3.05) is 5.75 Å². The van der Waals surface area contributed by atoms with Gasteiger partial charge in [-0.05, 0) is 72.8 Å². The molecule has 1 aromatic carbocycles. The van der Waals surface area contributed by atoms with E-state index in [0.29, 0.717) is 12.2 Å². The Labute approximate surface area is 273 Å². The molecule has 6 nitrogen and oxygen atoms in total. The summed E-state index contributed by atoms with van der Waals surface area (Å²) < 4.78 is 11.4. The highest BCUT2D eigenvalue weighted by atomic mass is 32.2. The Hall–Kier alpha value is -2.94. The van der Waals surface area contributed by atoms with E-state index in [0.717, 1.165) is 80.2 Å². The molecule has 0 saturated carbocycles. The molecule has 2 aromatic heterocycles. The third-order valence-corrected chi connectivity index (χ3v) is 9.67. The summed E-state index contributed by atoms with van der Waals surface area (Å²) in [7, 11) is 0. The van der Waals surface area contributed by atoms with Gasteiger partial charge in [-0.2, -0.15) is 11.8 Å². The van der Waals surface area contributed by atoms with Gasteiger partial charge in [-0.1, -0.05) is 61.8 Å². The number of aromatic nitrogens is 2. The Bertz CT molecular complexity index is 1450. The topological polar surface area (TPSA) is 86.5 Å². The second-order valence-corrected chi connectivity index (χ2v) is 13.4. The molecule has 2 unspecified atom stereocenters. The molecule has 0 aliphatic carbocycles. The molecule has 0 amide bonds. The molecule has 8 heteroatoms. The third-order valence-electron chi connectivity index (χ3n) is 7.63. The molecule has 2 N–H and O–H groups in total. The molecule has 0 spiro atoms. The van der Waals surface area contributed by atoms with Crippen LogP contribution < -0.4 is 5.73 Å². The molecular formula is C36H50N4O2S2.